The summed E-state index contributed by atoms with van der Waals surface area (Å²) in [4.78, 5) is 13.9. The van der Waals surface area contributed by atoms with Crippen LogP contribution in [-0.2, 0) is 0 Å². The number of benzene rings is 1. The number of rotatable bonds is 2. The van der Waals surface area contributed by atoms with Crippen molar-refractivity contribution in [1.82, 2.24) is 15.3 Å². The number of aryl methyl sites for hydroxylation is 1. The highest BCUT2D eigenvalue weighted by atomic mass is 35.5. The molecule has 1 N–H and O–H groups in total. The molecule has 0 radical (unpaired) electrons. The molecule has 1 fully saturated rings. The molecule has 124 valence electrons. The fraction of sp³-hybridized carbons (Fsp3) is 0.333. The number of fused-ring (bicyclic) bond motifs is 1. The van der Waals surface area contributed by atoms with E-state index in [0.717, 1.165) is 48.3 Å². The normalized spacial score (nSPS) is 15.7. The minimum absolute atomic E-state index is 0.756. The molecule has 3 aromatic rings. The number of aromatic nitrogens is 2. The SMILES string of the molecule is Cc1sc2ncnc(N3CCCNCC3)c2c1-c1ccc(Cl)cc1. The van der Waals surface area contributed by atoms with Gasteiger partial charge >= 0.3 is 0 Å². The molecular formula is C18H19ClN4S. The second kappa shape index (κ2) is 6.67. The van der Waals surface area contributed by atoms with E-state index in [2.05, 4.69) is 39.2 Å². The summed E-state index contributed by atoms with van der Waals surface area (Å²) in [6, 6.07) is 8.05. The van der Waals surface area contributed by atoms with Crippen LogP contribution in [0.25, 0.3) is 21.3 Å². The maximum absolute atomic E-state index is 6.06. The summed E-state index contributed by atoms with van der Waals surface area (Å²) >= 11 is 7.80. The van der Waals surface area contributed by atoms with Crippen molar-refractivity contribution in [2.24, 2.45) is 0 Å². The van der Waals surface area contributed by atoms with Gasteiger partial charge in [-0.1, -0.05) is 23.7 Å². The molecule has 0 atom stereocenters. The van der Waals surface area contributed by atoms with Gasteiger partial charge in [0.25, 0.3) is 0 Å². The molecule has 0 spiro atoms. The highest BCUT2D eigenvalue weighted by Crippen LogP contribution is 2.41. The third-order valence-corrected chi connectivity index (χ3v) is 5.68. The van der Waals surface area contributed by atoms with Gasteiger partial charge in [0.1, 0.15) is 17.0 Å². The molecular weight excluding hydrogens is 340 g/mol. The van der Waals surface area contributed by atoms with Gasteiger partial charge < -0.3 is 10.2 Å². The number of hydrogen-bond donors (Lipinski definition) is 1. The van der Waals surface area contributed by atoms with Crippen molar-refractivity contribution in [3.63, 3.8) is 0 Å². The molecule has 2 aromatic heterocycles. The Morgan fingerprint density at radius 3 is 2.79 bits per heavy atom. The van der Waals surface area contributed by atoms with Crippen LogP contribution < -0.4 is 10.2 Å². The first-order valence-electron chi connectivity index (χ1n) is 8.20. The first-order valence-corrected chi connectivity index (χ1v) is 9.39. The van der Waals surface area contributed by atoms with Crippen molar-refractivity contribution in [2.75, 3.05) is 31.1 Å². The molecule has 0 aliphatic carbocycles. The number of anilines is 1. The van der Waals surface area contributed by atoms with Crippen LogP contribution in [0.4, 0.5) is 5.82 Å². The monoisotopic (exact) mass is 358 g/mol. The van der Waals surface area contributed by atoms with Gasteiger partial charge in [0.2, 0.25) is 0 Å². The van der Waals surface area contributed by atoms with E-state index in [1.807, 2.05) is 12.1 Å². The van der Waals surface area contributed by atoms with Gasteiger partial charge in [0.15, 0.2) is 0 Å². The van der Waals surface area contributed by atoms with E-state index in [9.17, 15) is 0 Å². The van der Waals surface area contributed by atoms with E-state index in [-0.39, 0.29) is 0 Å². The molecule has 3 heterocycles. The largest absolute Gasteiger partial charge is 0.355 e. The highest BCUT2D eigenvalue weighted by Gasteiger charge is 2.20. The molecule has 1 saturated heterocycles. The van der Waals surface area contributed by atoms with Crippen molar-refractivity contribution in [3.8, 4) is 11.1 Å². The summed E-state index contributed by atoms with van der Waals surface area (Å²) in [5.41, 5.74) is 2.41. The summed E-state index contributed by atoms with van der Waals surface area (Å²) in [7, 11) is 0. The van der Waals surface area contributed by atoms with Gasteiger partial charge in [-0.15, -0.1) is 11.3 Å². The number of halogens is 1. The van der Waals surface area contributed by atoms with Crippen LogP contribution in [0.2, 0.25) is 5.02 Å². The Kier molecular flexibility index (Phi) is 4.39. The van der Waals surface area contributed by atoms with Crippen LogP contribution in [0, 0.1) is 6.92 Å². The van der Waals surface area contributed by atoms with Gasteiger partial charge in [0, 0.05) is 35.1 Å². The lowest BCUT2D eigenvalue weighted by atomic mass is 10.0. The van der Waals surface area contributed by atoms with Crippen LogP contribution in [-0.4, -0.2) is 36.1 Å². The van der Waals surface area contributed by atoms with Crippen LogP contribution in [0.15, 0.2) is 30.6 Å². The van der Waals surface area contributed by atoms with Crippen molar-refractivity contribution in [3.05, 3.63) is 40.5 Å². The molecule has 6 heteroatoms. The average Bonchev–Trinajstić information content (AvgIpc) is 2.76. The number of thiophene rings is 1. The van der Waals surface area contributed by atoms with E-state index < -0.39 is 0 Å². The van der Waals surface area contributed by atoms with E-state index >= 15 is 0 Å². The summed E-state index contributed by atoms with van der Waals surface area (Å²) in [5.74, 6) is 1.05. The predicted octanol–water partition coefficient (Wildman–Crippen LogP) is 4.12. The molecule has 4 rings (SSSR count). The van der Waals surface area contributed by atoms with Crippen molar-refractivity contribution in [2.45, 2.75) is 13.3 Å². The van der Waals surface area contributed by atoms with Gasteiger partial charge in [-0.25, -0.2) is 9.97 Å². The molecule has 4 nitrogen and oxygen atoms in total. The smallest absolute Gasteiger partial charge is 0.141 e. The first kappa shape index (κ1) is 15.8. The lowest BCUT2D eigenvalue weighted by molar-refractivity contribution is 0.724. The van der Waals surface area contributed by atoms with E-state index in [1.54, 1.807) is 17.7 Å². The first-order chi connectivity index (χ1) is 11.7. The third-order valence-electron chi connectivity index (χ3n) is 4.42. The van der Waals surface area contributed by atoms with Crippen LogP contribution >= 0.6 is 22.9 Å². The topological polar surface area (TPSA) is 41.1 Å². The summed E-state index contributed by atoms with van der Waals surface area (Å²) in [5, 5.41) is 5.38. The number of hydrogen-bond acceptors (Lipinski definition) is 5. The second-order valence-electron chi connectivity index (χ2n) is 6.01. The Morgan fingerprint density at radius 2 is 1.96 bits per heavy atom. The summed E-state index contributed by atoms with van der Waals surface area (Å²) in [6.07, 6.45) is 2.82. The quantitative estimate of drug-likeness (QED) is 0.748. The lowest BCUT2D eigenvalue weighted by Crippen LogP contribution is -2.28. The maximum atomic E-state index is 6.06. The fourth-order valence-corrected chi connectivity index (χ4v) is 4.42. The van der Waals surface area contributed by atoms with E-state index in [4.69, 9.17) is 11.6 Å². The molecule has 0 saturated carbocycles. The van der Waals surface area contributed by atoms with Crippen molar-refractivity contribution >= 4 is 39.0 Å². The van der Waals surface area contributed by atoms with Crippen molar-refractivity contribution < 1.29 is 0 Å². The zero-order valence-corrected chi connectivity index (χ0v) is 15.1. The molecule has 0 amide bonds. The molecule has 24 heavy (non-hydrogen) atoms. The zero-order valence-electron chi connectivity index (χ0n) is 13.6. The fourth-order valence-electron chi connectivity index (χ4n) is 3.29. The van der Waals surface area contributed by atoms with E-state index in [0.29, 0.717) is 0 Å². The Labute approximate surface area is 150 Å². The second-order valence-corrected chi connectivity index (χ2v) is 7.65. The predicted molar refractivity (Wildman–Crippen MR) is 102 cm³/mol. The maximum Gasteiger partial charge on any atom is 0.141 e. The number of nitrogens with one attached hydrogen (secondary N) is 1. The van der Waals surface area contributed by atoms with Crippen molar-refractivity contribution in [1.29, 1.82) is 0 Å². The Morgan fingerprint density at radius 1 is 1.12 bits per heavy atom. The molecule has 0 bridgehead atoms. The summed E-state index contributed by atoms with van der Waals surface area (Å²) in [6.45, 7) is 6.21. The van der Waals surface area contributed by atoms with Gasteiger partial charge in [-0.2, -0.15) is 0 Å². The lowest BCUT2D eigenvalue weighted by Gasteiger charge is -2.22. The van der Waals surface area contributed by atoms with Gasteiger partial charge in [-0.3, -0.25) is 0 Å². The Hall–Kier alpha value is -1.69. The molecule has 1 aliphatic heterocycles. The highest BCUT2D eigenvalue weighted by molar-refractivity contribution is 7.19. The van der Waals surface area contributed by atoms with Crippen LogP contribution in [0.3, 0.4) is 0 Å². The molecule has 1 aromatic carbocycles. The Balaban J connectivity index is 1.90. The number of nitrogens with zero attached hydrogens (tertiary/aromatic N) is 3. The van der Waals surface area contributed by atoms with Crippen LogP contribution in [0.1, 0.15) is 11.3 Å². The third kappa shape index (κ3) is 2.88. The van der Waals surface area contributed by atoms with Crippen LogP contribution in [0.5, 0.6) is 0 Å². The van der Waals surface area contributed by atoms with Gasteiger partial charge in [-0.05, 0) is 37.6 Å². The zero-order chi connectivity index (χ0) is 16.5. The van der Waals surface area contributed by atoms with E-state index in [1.165, 1.54) is 21.4 Å². The molecule has 0 unspecified atom stereocenters. The minimum Gasteiger partial charge on any atom is -0.355 e. The molecule has 1 aliphatic rings. The average molecular weight is 359 g/mol. The Bertz CT molecular complexity index is 851. The van der Waals surface area contributed by atoms with Gasteiger partial charge in [0.05, 0.1) is 5.39 Å². The standard InChI is InChI=1S/C18H19ClN4S/c1-12-15(13-3-5-14(19)6-4-13)16-17(21-11-22-18(16)24-12)23-9-2-7-20-8-10-23/h3-6,11,20H,2,7-10H2,1H3. The summed E-state index contributed by atoms with van der Waals surface area (Å²) < 4.78 is 0. The minimum atomic E-state index is 0.756.